The zero-order chi connectivity index (χ0) is 37.7. The van der Waals surface area contributed by atoms with Gasteiger partial charge in [-0.1, -0.05) is 20.8 Å². The van der Waals surface area contributed by atoms with Crippen molar-refractivity contribution in [2.24, 2.45) is 29.6 Å². The molecule has 2 aromatic heterocycles. The van der Waals surface area contributed by atoms with E-state index in [0.717, 1.165) is 50.8 Å². The Balaban J connectivity index is 1.28. The number of nitrogens with zero attached hydrogens (tertiary/aromatic N) is 5. The molecule has 0 unspecified atom stereocenters. The molecule has 1 aliphatic carbocycles. The second-order valence-corrected chi connectivity index (χ2v) is 16.4. The number of amides is 2. The molecule has 3 saturated heterocycles. The van der Waals surface area contributed by atoms with E-state index in [4.69, 9.17) is 4.74 Å². The molecule has 13 nitrogen and oxygen atoms in total. The first-order valence-corrected chi connectivity index (χ1v) is 19.5. The molecular weight excluding hydrogens is 685 g/mol. The smallest absolute Gasteiger partial charge is 0.306 e. The van der Waals surface area contributed by atoms with Crippen LogP contribution in [0.25, 0.3) is 0 Å². The number of Topliss-reactive ketones (excluding diaryl/α,β-unsaturated/α-hetero) is 1. The molecule has 2 N–H and O–H groups in total. The Morgan fingerprint density at radius 2 is 1.73 bits per heavy atom. The molecule has 3 aliphatic heterocycles. The number of carbonyl (C=O) groups is 5. The van der Waals surface area contributed by atoms with Gasteiger partial charge in [-0.3, -0.25) is 28.9 Å². The lowest BCUT2D eigenvalue weighted by Gasteiger charge is -2.45. The lowest BCUT2D eigenvalue weighted by Crippen LogP contribution is -2.53. The first-order valence-electron chi connectivity index (χ1n) is 18.7. The van der Waals surface area contributed by atoms with E-state index in [1.807, 2.05) is 20.8 Å². The molecule has 0 spiro atoms. The highest BCUT2D eigenvalue weighted by Gasteiger charge is 2.44. The molecule has 284 valence electrons. The predicted molar refractivity (Wildman–Crippen MR) is 194 cm³/mol. The third-order valence-corrected chi connectivity index (χ3v) is 12.0. The van der Waals surface area contributed by atoms with E-state index in [-0.39, 0.29) is 72.9 Å². The van der Waals surface area contributed by atoms with E-state index < -0.39 is 35.9 Å². The molecule has 4 fully saturated rings. The van der Waals surface area contributed by atoms with E-state index in [2.05, 4.69) is 25.2 Å². The minimum atomic E-state index is -0.975. The fraction of sp³-hybridized carbons (Fsp3) is 0.684. The van der Waals surface area contributed by atoms with Crippen LogP contribution in [0.2, 0.25) is 0 Å². The van der Waals surface area contributed by atoms with Crippen LogP contribution in [0.1, 0.15) is 112 Å². The zero-order valence-electron chi connectivity index (χ0n) is 31.2. The Morgan fingerprint density at radius 3 is 2.29 bits per heavy atom. The maximum absolute atomic E-state index is 14.2. The normalized spacial score (nSPS) is 22.6. The van der Waals surface area contributed by atoms with Gasteiger partial charge in [0.2, 0.25) is 5.91 Å². The van der Waals surface area contributed by atoms with Crippen LogP contribution >= 0.6 is 11.3 Å². The number of rotatable bonds is 18. The summed E-state index contributed by atoms with van der Waals surface area (Å²) < 4.78 is 5.78. The second kappa shape index (κ2) is 17.4. The Kier molecular flexibility index (Phi) is 13.2. The molecule has 4 aliphatic rings. The highest BCUT2D eigenvalue weighted by atomic mass is 32.1. The van der Waals surface area contributed by atoms with Gasteiger partial charge in [-0.15, -0.1) is 11.3 Å². The number of esters is 1. The number of ketones is 1. The van der Waals surface area contributed by atoms with Gasteiger partial charge in [0.25, 0.3) is 5.91 Å². The molecule has 2 amide bonds. The summed E-state index contributed by atoms with van der Waals surface area (Å²) in [4.78, 5) is 82.6. The number of fused-ring (bicyclic) bond motifs is 3. The predicted octanol–water partition coefficient (Wildman–Crippen LogP) is 4.64. The average molecular weight is 739 g/mol. The Bertz CT molecular complexity index is 1590. The van der Waals surface area contributed by atoms with Crippen LogP contribution in [-0.2, 0) is 30.3 Å². The van der Waals surface area contributed by atoms with Crippen LogP contribution in [0, 0.1) is 36.5 Å². The highest BCUT2D eigenvalue weighted by Crippen LogP contribution is 2.42. The Hall–Kier alpha value is -3.78. The molecule has 14 heteroatoms. The number of nitrogens with one attached hydrogen (secondary N) is 1. The summed E-state index contributed by atoms with van der Waals surface area (Å²) in [7, 11) is 1.78. The fourth-order valence-corrected chi connectivity index (χ4v) is 8.63. The first kappa shape index (κ1) is 39.4. The van der Waals surface area contributed by atoms with Gasteiger partial charge in [0.15, 0.2) is 11.9 Å². The lowest BCUT2D eigenvalue weighted by atomic mass is 9.79. The summed E-state index contributed by atoms with van der Waals surface area (Å²) in [5.41, 5.74) is 0.994. The van der Waals surface area contributed by atoms with E-state index in [1.165, 1.54) is 18.3 Å². The van der Waals surface area contributed by atoms with Crippen molar-refractivity contribution in [2.75, 3.05) is 20.1 Å². The number of aliphatic carboxylic acids is 1. The molecule has 0 aromatic carbocycles. The number of carboxylic acid groups (broad SMARTS) is 1. The lowest BCUT2D eigenvalue weighted by molar-refractivity contribution is -0.149. The SMILES string of the molecule is CC(=O)O[C@H](C[C@H](C(C)C)N(C)C(=O)[C@@H](CC(=O)[C@H]1CC2CCN1CC2)C1CC1)c1nc(C(=O)N[C@@H](Cc2ncc(C)cn2)C[C@H](C)C(=O)O)cs1. The number of carboxylic acids is 1. The number of carbonyl (C=O) groups excluding carboxylic acids is 4. The molecule has 2 aromatic rings. The average Bonchev–Trinajstić information content (AvgIpc) is 3.83. The quantitative estimate of drug-likeness (QED) is 0.204. The van der Waals surface area contributed by atoms with Gasteiger partial charge < -0.3 is 20.1 Å². The van der Waals surface area contributed by atoms with Gasteiger partial charge in [0.1, 0.15) is 16.5 Å². The van der Waals surface area contributed by atoms with Gasteiger partial charge >= 0.3 is 11.9 Å². The maximum Gasteiger partial charge on any atom is 0.306 e. The molecule has 5 heterocycles. The third kappa shape index (κ3) is 10.2. The van der Waals surface area contributed by atoms with Crippen LogP contribution in [0.3, 0.4) is 0 Å². The Labute approximate surface area is 310 Å². The standard InChI is InChI=1S/C38H54N6O7S/c1-21(2)30(43(6)37(48)28(26-7-8-26)16-32(46)31-14-25-9-11-44(31)12-10-25)17-33(51-24(5)45)36-42-29(20-52-36)35(47)41-27(13-23(4)38(49)50)15-34-39-18-22(3)19-40-34/h18-21,23,25-28,30-31,33H,7-17H2,1-6H3,(H,41,47)(H,49,50)/t23-,27+,28-,30+,31+,33+/m0/s1. The number of thiazole rings is 1. The van der Waals surface area contributed by atoms with Crippen molar-refractivity contribution in [1.82, 2.24) is 30.1 Å². The first-order chi connectivity index (χ1) is 24.7. The number of aromatic nitrogens is 3. The zero-order valence-corrected chi connectivity index (χ0v) is 32.1. The fourth-order valence-electron chi connectivity index (χ4n) is 7.79. The topological polar surface area (TPSA) is 172 Å². The van der Waals surface area contributed by atoms with Crippen molar-refractivity contribution in [3.05, 3.63) is 39.9 Å². The monoisotopic (exact) mass is 738 g/mol. The van der Waals surface area contributed by atoms with Crippen LogP contribution in [0.4, 0.5) is 0 Å². The van der Waals surface area contributed by atoms with Crippen molar-refractivity contribution in [1.29, 1.82) is 0 Å². The van der Waals surface area contributed by atoms with Crippen LogP contribution < -0.4 is 5.32 Å². The van der Waals surface area contributed by atoms with Crippen molar-refractivity contribution >= 4 is 40.9 Å². The van der Waals surface area contributed by atoms with Gasteiger partial charge in [-0.25, -0.2) is 15.0 Å². The van der Waals surface area contributed by atoms with Crippen LogP contribution in [0.5, 0.6) is 0 Å². The second-order valence-electron chi connectivity index (χ2n) is 15.5. The summed E-state index contributed by atoms with van der Waals surface area (Å²) >= 11 is 1.18. The van der Waals surface area contributed by atoms with Gasteiger partial charge in [0.05, 0.1) is 12.0 Å². The van der Waals surface area contributed by atoms with Gasteiger partial charge in [-0.2, -0.15) is 0 Å². The summed E-state index contributed by atoms with van der Waals surface area (Å²) in [5, 5.41) is 14.5. The van der Waals surface area contributed by atoms with Crippen molar-refractivity contribution < 1.29 is 33.8 Å². The number of hydrogen-bond donors (Lipinski definition) is 2. The maximum atomic E-state index is 14.2. The van der Waals surface area contributed by atoms with Crippen molar-refractivity contribution in [2.45, 2.75) is 117 Å². The highest BCUT2D eigenvalue weighted by molar-refractivity contribution is 7.09. The minimum Gasteiger partial charge on any atom is -0.481 e. The molecule has 1 saturated carbocycles. The summed E-state index contributed by atoms with van der Waals surface area (Å²) in [6.45, 7) is 10.7. The van der Waals surface area contributed by atoms with Crippen LogP contribution in [0.15, 0.2) is 17.8 Å². The van der Waals surface area contributed by atoms with E-state index in [0.29, 0.717) is 16.7 Å². The molecular formula is C38H54N6O7S. The number of aryl methyl sites for hydroxylation is 1. The summed E-state index contributed by atoms with van der Waals surface area (Å²) in [6.07, 6.45) is 8.52. The minimum absolute atomic E-state index is 0.00791. The molecule has 6 atom stereocenters. The van der Waals surface area contributed by atoms with Crippen molar-refractivity contribution in [3.8, 4) is 0 Å². The number of ether oxygens (including phenoxy) is 1. The van der Waals surface area contributed by atoms with E-state index in [1.54, 1.807) is 36.6 Å². The van der Waals surface area contributed by atoms with Gasteiger partial charge in [-0.05, 0) is 81.9 Å². The van der Waals surface area contributed by atoms with E-state index >= 15 is 0 Å². The third-order valence-electron chi connectivity index (χ3n) is 11.0. The summed E-state index contributed by atoms with van der Waals surface area (Å²) in [6, 6.07) is -0.984. The molecule has 2 bridgehead atoms. The molecule has 6 rings (SSSR count). The van der Waals surface area contributed by atoms with Gasteiger partial charge in [0, 0.05) is 69.0 Å². The largest absolute Gasteiger partial charge is 0.481 e. The number of piperidine rings is 3. The molecule has 52 heavy (non-hydrogen) atoms. The van der Waals surface area contributed by atoms with Crippen molar-refractivity contribution in [3.63, 3.8) is 0 Å². The van der Waals surface area contributed by atoms with Crippen LogP contribution in [-0.4, -0.2) is 97.7 Å². The molecule has 0 radical (unpaired) electrons. The van der Waals surface area contributed by atoms with E-state index in [9.17, 15) is 29.1 Å². The Morgan fingerprint density at radius 1 is 1.06 bits per heavy atom. The summed E-state index contributed by atoms with van der Waals surface area (Å²) in [5.74, 6) is -1.67. The number of hydrogen-bond acceptors (Lipinski definition) is 11.